The highest BCUT2D eigenvalue weighted by molar-refractivity contribution is 6.05. The van der Waals surface area contributed by atoms with Crippen LogP contribution in [-0.4, -0.2) is 44.8 Å². The third-order valence-electron chi connectivity index (χ3n) is 3.86. The van der Waals surface area contributed by atoms with Gasteiger partial charge in [-0.2, -0.15) is 0 Å². The second-order valence-electron chi connectivity index (χ2n) is 7.44. The molecule has 0 aromatic heterocycles. The van der Waals surface area contributed by atoms with Crippen LogP contribution < -0.4 is 20.1 Å². The van der Waals surface area contributed by atoms with Gasteiger partial charge in [-0.25, -0.2) is 0 Å². The Kier molecular flexibility index (Phi) is 7.61. The maximum atomic E-state index is 12.5. The maximum Gasteiger partial charge on any atom is 0.255 e. The lowest BCUT2D eigenvalue weighted by molar-refractivity contribution is 0.0918. The molecule has 0 saturated heterocycles. The molecule has 2 amide bonds. The van der Waals surface area contributed by atoms with Gasteiger partial charge in [-0.05, 0) is 57.2 Å². The Morgan fingerprint density at radius 3 is 2.03 bits per heavy atom. The third-order valence-corrected chi connectivity index (χ3v) is 3.86. The number of methoxy groups -OCH3 is 2. The van der Waals surface area contributed by atoms with E-state index in [4.69, 9.17) is 14.2 Å². The van der Waals surface area contributed by atoms with Gasteiger partial charge in [0, 0.05) is 35.5 Å². The van der Waals surface area contributed by atoms with Crippen molar-refractivity contribution in [1.82, 2.24) is 5.32 Å². The van der Waals surface area contributed by atoms with Crippen LogP contribution in [0.2, 0.25) is 0 Å². The van der Waals surface area contributed by atoms with Gasteiger partial charge in [-0.15, -0.1) is 0 Å². The Morgan fingerprint density at radius 1 is 0.862 bits per heavy atom. The number of nitrogens with one attached hydrogen (secondary N) is 2. The van der Waals surface area contributed by atoms with Crippen molar-refractivity contribution in [2.45, 2.75) is 26.3 Å². The summed E-state index contributed by atoms with van der Waals surface area (Å²) in [6, 6.07) is 11.6. The molecule has 0 heterocycles. The number of ether oxygens (including phenoxy) is 3. The molecule has 0 unspecified atom stereocenters. The summed E-state index contributed by atoms with van der Waals surface area (Å²) < 4.78 is 15.9. The minimum atomic E-state index is -0.329. The standard InChI is InChI=1S/C22H28N2O5/c1-22(2,3)24-21(26)16-8-6-15(7-9-16)20(25)23-17-10-11-18(28-5)19(14-17)29-13-12-27-4/h6-11,14H,12-13H2,1-5H3,(H,23,25)(H,24,26). The second-order valence-corrected chi connectivity index (χ2v) is 7.44. The quantitative estimate of drug-likeness (QED) is 0.663. The van der Waals surface area contributed by atoms with E-state index in [0.29, 0.717) is 41.5 Å². The number of benzene rings is 2. The lowest BCUT2D eigenvalue weighted by Crippen LogP contribution is -2.40. The molecule has 2 aromatic rings. The minimum Gasteiger partial charge on any atom is -0.493 e. The van der Waals surface area contributed by atoms with E-state index < -0.39 is 0 Å². The highest BCUT2D eigenvalue weighted by Crippen LogP contribution is 2.30. The summed E-state index contributed by atoms with van der Waals surface area (Å²) in [5.74, 6) is 0.600. The number of anilines is 1. The van der Waals surface area contributed by atoms with E-state index >= 15 is 0 Å². The SMILES string of the molecule is COCCOc1cc(NC(=O)c2ccc(C(=O)NC(C)(C)C)cc2)ccc1OC. The lowest BCUT2D eigenvalue weighted by Gasteiger charge is -2.20. The Hall–Kier alpha value is -3.06. The van der Waals surface area contributed by atoms with Crippen LogP contribution in [0, 0.1) is 0 Å². The Morgan fingerprint density at radius 2 is 1.48 bits per heavy atom. The van der Waals surface area contributed by atoms with Crippen molar-refractivity contribution < 1.29 is 23.8 Å². The molecule has 0 spiro atoms. The molecular weight excluding hydrogens is 372 g/mol. The van der Waals surface area contributed by atoms with Gasteiger partial charge in [0.25, 0.3) is 11.8 Å². The fraction of sp³-hybridized carbons (Fsp3) is 0.364. The van der Waals surface area contributed by atoms with Crippen molar-refractivity contribution in [3.63, 3.8) is 0 Å². The van der Waals surface area contributed by atoms with Crippen LogP contribution >= 0.6 is 0 Å². The van der Waals surface area contributed by atoms with Gasteiger partial charge in [0.05, 0.1) is 13.7 Å². The van der Waals surface area contributed by atoms with Crippen LogP contribution in [0.5, 0.6) is 11.5 Å². The van der Waals surface area contributed by atoms with Gasteiger partial charge in [0.1, 0.15) is 6.61 Å². The van der Waals surface area contributed by atoms with Crippen molar-refractivity contribution in [3.05, 3.63) is 53.6 Å². The number of hydrogen-bond acceptors (Lipinski definition) is 5. The van der Waals surface area contributed by atoms with Crippen molar-refractivity contribution in [3.8, 4) is 11.5 Å². The highest BCUT2D eigenvalue weighted by Gasteiger charge is 2.16. The first-order valence-electron chi connectivity index (χ1n) is 9.27. The van der Waals surface area contributed by atoms with E-state index in [0.717, 1.165) is 0 Å². The number of rotatable bonds is 8. The molecule has 0 atom stereocenters. The average molecular weight is 400 g/mol. The predicted octanol–water partition coefficient (Wildman–Crippen LogP) is 3.50. The number of carbonyl (C=O) groups is 2. The Bertz CT molecular complexity index is 841. The Balaban J connectivity index is 2.07. The van der Waals surface area contributed by atoms with Gasteiger partial charge in [0.15, 0.2) is 11.5 Å². The molecule has 2 N–H and O–H groups in total. The molecule has 7 nitrogen and oxygen atoms in total. The fourth-order valence-corrected chi connectivity index (χ4v) is 2.49. The zero-order valence-electron chi connectivity index (χ0n) is 17.5. The molecule has 0 radical (unpaired) electrons. The van der Waals surface area contributed by atoms with Gasteiger partial charge in [0.2, 0.25) is 0 Å². The minimum absolute atomic E-state index is 0.183. The number of carbonyl (C=O) groups excluding carboxylic acids is 2. The normalized spacial score (nSPS) is 10.9. The van der Waals surface area contributed by atoms with E-state index in [1.807, 2.05) is 20.8 Å². The molecule has 0 aliphatic heterocycles. The maximum absolute atomic E-state index is 12.5. The molecule has 29 heavy (non-hydrogen) atoms. The van der Waals surface area contributed by atoms with Crippen LogP contribution in [0.25, 0.3) is 0 Å². The summed E-state index contributed by atoms with van der Waals surface area (Å²) in [4.78, 5) is 24.7. The molecule has 0 fully saturated rings. The molecule has 156 valence electrons. The highest BCUT2D eigenvalue weighted by atomic mass is 16.5. The largest absolute Gasteiger partial charge is 0.493 e. The summed E-state index contributed by atoms with van der Waals surface area (Å²) in [6.45, 7) is 6.54. The van der Waals surface area contributed by atoms with Crippen LogP contribution in [-0.2, 0) is 4.74 Å². The van der Waals surface area contributed by atoms with Gasteiger partial charge < -0.3 is 24.8 Å². The summed E-state index contributed by atoms with van der Waals surface area (Å²) >= 11 is 0. The zero-order chi connectivity index (χ0) is 21.4. The number of hydrogen-bond donors (Lipinski definition) is 2. The van der Waals surface area contributed by atoms with E-state index in [2.05, 4.69) is 10.6 Å². The smallest absolute Gasteiger partial charge is 0.255 e. The molecule has 0 saturated carbocycles. The van der Waals surface area contributed by atoms with E-state index in [1.54, 1.807) is 56.7 Å². The summed E-state index contributed by atoms with van der Waals surface area (Å²) in [7, 11) is 3.14. The van der Waals surface area contributed by atoms with Gasteiger partial charge in [-0.1, -0.05) is 0 Å². The first-order valence-corrected chi connectivity index (χ1v) is 9.27. The third kappa shape index (κ3) is 6.80. The summed E-state index contributed by atoms with van der Waals surface area (Å²) in [5, 5.41) is 5.71. The summed E-state index contributed by atoms with van der Waals surface area (Å²) in [5.41, 5.74) is 1.17. The second kappa shape index (κ2) is 9.93. The Labute approximate surface area is 171 Å². The topological polar surface area (TPSA) is 85.9 Å². The van der Waals surface area contributed by atoms with Crippen LogP contribution in [0.4, 0.5) is 5.69 Å². The average Bonchev–Trinajstić information content (AvgIpc) is 2.67. The molecule has 0 bridgehead atoms. The molecular formula is C22H28N2O5. The predicted molar refractivity (Wildman–Crippen MR) is 112 cm³/mol. The lowest BCUT2D eigenvalue weighted by atomic mass is 10.1. The van der Waals surface area contributed by atoms with E-state index in [9.17, 15) is 9.59 Å². The summed E-state index contributed by atoms with van der Waals surface area (Å²) in [6.07, 6.45) is 0. The van der Waals surface area contributed by atoms with E-state index in [-0.39, 0.29) is 17.4 Å². The molecule has 2 rings (SSSR count). The van der Waals surface area contributed by atoms with Crippen molar-refractivity contribution in [2.75, 3.05) is 32.8 Å². The molecule has 2 aromatic carbocycles. The first-order chi connectivity index (χ1) is 13.7. The van der Waals surface area contributed by atoms with Crippen molar-refractivity contribution >= 4 is 17.5 Å². The number of amides is 2. The van der Waals surface area contributed by atoms with Gasteiger partial charge >= 0.3 is 0 Å². The van der Waals surface area contributed by atoms with Crippen LogP contribution in [0.3, 0.4) is 0 Å². The molecule has 0 aliphatic rings. The van der Waals surface area contributed by atoms with Crippen LogP contribution in [0.15, 0.2) is 42.5 Å². The van der Waals surface area contributed by atoms with Gasteiger partial charge in [-0.3, -0.25) is 9.59 Å². The molecule has 0 aliphatic carbocycles. The monoisotopic (exact) mass is 400 g/mol. The van der Waals surface area contributed by atoms with Crippen molar-refractivity contribution in [1.29, 1.82) is 0 Å². The fourth-order valence-electron chi connectivity index (χ4n) is 2.49. The first kappa shape index (κ1) is 22.2. The van der Waals surface area contributed by atoms with Crippen LogP contribution in [0.1, 0.15) is 41.5 Å². The zero-order valence-corrected chi connectivity index (χ0v) is 17.5. The van der Waals surface area contributed by atoms with Crippen molar-refractivity contribution in [2.24, 2.45) is 0 Å². The molecule has 7 heteroatoms. The van der Waals surface area contributed by atoms with E-state index in [1.165, 1.54) is 0 Å².